The van der Waals surface area contributed by atoms with Gasteiger partial charge in [-0.25, -0.2) is 0 Å². The molecular formula is C15H19N3O3. The van der Waals surface area contributed by atoms with Gasteiger partial charge in [-0.15, -0.1) is 0 Å². The average Bonchev–Trinajstić information content (AvgIpc) is 2.52. The minimum Gasteiger partial charge on any atom is -0.396 e. The van der Waals surface area contributed by atoms with E-state index in [1.165, 1.54) is 6.07 Å². The first-order valence-electron chi connectivity index (χ1n) is 7.23. The van der Waals surface area contributed by atoms with Crippen LogP contribution in [0.4, 0.5) is 11.4 Å². The number of hydrogen-bond donors (Lipinski definition) is 1. The van der Waals surface area contributed by atoms with Gasteiger partial charge >= 0.3 is 0 Å². The number of aliphatic hydroxyl groups is 1. The van der Waals surface area contributed by atoms with Crippen LogP contribution in [0.3, 0.4) is 0 Å². The monoisotopic (exact) mass is 289 g/mol. The normalized spacial score (nSPS) is 18.3. The Labute approximate surface area is 123 Å². The molecule has 0 bridgehead atoms. The fourth-order valence-corrected chi connectivity index (χ4v) is 2.93. The van der Waals surface area contributed by atoms with Crippen LogP contribution < -0.4 is 4.90 Å². The van der Waals surface area contributed by atoms with Crippen LogP contribution in [0.25, 0.3) is 0 Å². The summed E-state index contributed by atoms with van der Waals surface area (Å²) in [7, 11) is 0. The lowest BCUT2D eigenvalue weighted by molar-refractivity contribution is -0.384. The molecule has 0 amide bonds. The fourth-order valence-electron chi connectivity index (χ4n) is 2.93. The molecule has 0 saturated carbocycles. The minimum absolute atomic E-state index is 0.00931. The smallest absolute Gasteiger partial charge is 0.293 e. The van der Waals surface area contributed by atoms with Gasteiger partial charge in [-0.3, -0.25) is 10.1 Å². The van der Waals surface area contributed by atoms with Gasteiger partial charge < -0.3 is 10.0 Å². The van der Waals surface area contributed by atoms with Crippen molar-refractivity contribution in [3.05, 3.63) is 33.9 Å². The molecule has 1 aromatic rings. The highest BCUT2D eigenvalue weighted by Gasteiger charge is 2.27. The van der Waals surface area contributed by atoms with Gasteiger partial charge in [0.25, 0.3) is 5.69 Å². The molecule has 0 aromatic heterocycles. The van der Waals surface area contributed by atoms with Crippen LogP contribution in [-0.4, -0.2) is 29.2 Å². The Balaban J connectivity index is 2.33. The molecule has 1 unspecified atom stereocenters. The maximum Gasteiger partial charge on any atom is 0.293 e. The molecule has 1 aliphatic rings. The van der Waals surface area contributed by atoms with E-state index in [0.717, 1.165) is 32.2 Å². The second-order valence-corrected chi connectivity index (χ2v) is 5.28. The van der Waals surface area contributed by atoms with Crippen LogP contribution in [0.1, 0.15) is 37.7 Å². The summed E-state index contributed by atoms with van der Waals surface area (Å²) in [5.74, 6) is 0. The zero-order valence-corrected chi connectivity index (χ0v) is 11.9. The van der Waals surface area contributed by atoms with Crippen LogP contribution in [0.2, 0.25) is 0 Å². The molecule has 0 spiro atoms. The topological polar surface area (TPSA) is 90.4 Å². The number of benzene rings is 1. The summed E-state index contributed by atoms with van der Waals surface area (Å²) in [6.45, 7) is 0.919. The van der Waals surface area contributed by atoms with E-state index in [1.54, 1.807) is 12.1 Å². The van der Waals surface area contributed by atoms with Gasteiger partial charge in [-0.05, 0) is 44.2 Å². The quantitative estimate of drug-likeness (QED) is 0.664. The van der Waals surface area contributed by atoms with Gasteiger partial charge in [0.1, 0.15) is 5.69 Å². The number of aliphatic hydroxyl groups excluding tert-OH is 1. The number of rotatable bonds is 5. The van der Waals surface area contributed by atoms with Crippen molar-refractivity contribution >= 4 is 11.4 Å². The van der Waals surface area contributed by atoms with E-state index < -0.39 is 4.92 Å². The van der Waals surface area contributed by atoms with E-state index in [9.17, 15) is 10.1 Å². The highest BCUT2D eigenvalue weighted by Crippen LogP contribution is 2.34. The van der Waals surface area contributed by atoms with Crippen molar-refractivity contribution in [2.24, 2.45) is 0 Å². The highest BCUT2D eigenvalue weighted by atomic mass is 16.6. The first-order valence-corrected chi connectivity index (χ1v) is 7.23. The number of nitrogens with zero attached hydrogens (tertiary/aromatic N) is 3. The minimum atomic E-state index is -0.423. The van der Waals surface area contributed by atoms with Crippen molar-refractivity contribution in [1.29, 1.82) is 5.26 Å². The Morgan fingerprint density at radius 2 is 2.29 bits per heavy atom. The van der Waals surface area contributed by atoms with Crippen molar-refractivity contribution in [2.75, 3.05) is 18.1 Å². The number of piperidine rings is 1. The van der Waals surface area contributed by atoms with Crippen molar-refractivity contribution in [1.82, 2.24) is 0 Å². The Morgan fingerprint density at radius 3 is 2.95 bits per heavy atom. The van der Waals surface area contributed by atoms with Crippen molar-refractivity contribution in [3.8, 4) is 6.07 Å². The molecule has 2 rings (SSSR count). The van der Waals surface area contributed by atoms with Gasteiger partial charge in [0.2, 0.25) is 0 Å². The average molecular weight is 289 g/mol. The Bertz CT molecular complexity index is 554. The Hall–Kier alpha value is -2.13. The molecule has 1 heterocycles. The second kappa shape index (κ2) is 7.04. The van der Waals surface area contributed by atoms with Gasteiger partial charge in [0, 0.05) is 25.3 Å². The van der Waals surface area contributed by atoms with E-state index in [1.807, 2.05) is 6.07 Å². The SMILES string of the molecule is N#Cc1ccc(N2CCCCC2CCCO)c([N+](=O)[O-])c1. The lowest BCUT2D eigenvalue weighted by atomic mass is 9.96. The van der Waals surface area contributed by atoms with E-state index in [4.69, 9.17) is 10.4 Å². The van der Waals surface area contributed by atoms with Gasteiger partial charge in [0.05, 0.1) is 16.6 Å². The molecule has 1 aliphatic heterocycles. The fraction of sp³-hybridized carbons (Fsp3) is 0.533. The number of nitro benzene ring substituents is 1. The summed E-state index contributed by atoms with van der Waals surface area (Å²) in [6, 6.07) is 6.80. The van der Waals surface area contributed by atoms with Gasteiger partial charge in [-0.2, -0.15) is 5.26 Å². The highest BCUT2D eigenvalue weighted by molar-refractivity contribution is 5.66. The van der Waals surface area contributed by atoms with Crippen molar-refractivity contribution in [3.63, 3.8) is 0 Å². The number of nitriles is 1. The molecule has 112 valence electrons. The third-order valence-electron chi connectivity index (χ3n) is 3.93. The predicted octanol–water partition coefficient (Wildman–Crippen LogP) is 2.60. The molecule has 6 heteroatoms. The van der Waals surface area contributed by atoms with E-state index in [-0.39, 0.29) is 18.3 Å². The Kier molecular flexibility index (Phi) is 5.12. The van der Waals surface area contributed by atoms with Gasteiger partial charge in [0.15, 0.2) is 0 Å². The van der Waals surface area contributed by atoms with Gasteiger partial charge in [-0.1, -0.05) is 0 Å². The van der Waals surface area contributed by atoms with Crippen molar-refractivity contribution in [2.45, 2.75) is 38.1 Å². The third kappa shape index (κ3) is 3.50. The molecule has 6 nitrogen and oxygen atoms in total. The van der Waals surface area contributed by atoms with E-state index in [2.05, 4.69) is 4.90 Å². The molecule has 21 heavy (non-hydrogen) atoms. The summed E-state index contributed by atoms with van der Waals surface area (Å²) in [4.78, 5) is 12.9. The largest absolute Gasteiger partial charge is 0.396 e. The van der Waals surface area contributed by atoms with E-state index in [0.29, 0.717) is 17.7 Å². The first-order chi connectivity index (χ1) is 10.2. The molecule has 1 aromatic carbocycles. The van der Waals surface area contributed by atoms with Crippen LogP contribution in [-0.2, 0) is 0 Å². The van der Waals surface area contributed by atoms with Crippen LogP contribution >= 0.6 is 0 Å². The molecule has 1 saturated heterocycles. The number of nitro groups is 1. The van der Waals surface area contributed by atoms with Crippen LogP contribution in [0.5, 0.6) is 0 Å². The molecule has 1 fully saturated rings. The predicted molar refractivity (Wildman–Crippen MR) is 79.1 cm³/mol. The number of hydrogen-bond acceptors (Lipinski definition) is 5. The summed E-state index contributed by atoms with van der Waals surface area (Å²) in [6.07, 6.45) is 4.62. The van der Waals surface area contributed by atoms with Crippen LogP contribution in [0.15, 0.2) is 18.2 Å². The maximum absolute atomic E-state index is 11.3. The summed E-state index contributed by atoms with van der Waals surface area (Å²) in [5, 5.41) is 29.2. The molecule has 1 N–H and O–H groups in total. The molecule has 1 atom stereocenters. The summed E-state index contributed by atoms with van der Waals surface area (Å²) >= 11 is 0. The van der Waals surface area contributed by atoms with E-state index >= 15 is 0 Å². The Morgan fingerprint density at radius 1 is 1.48 bits per heavy atom. The first kappa shape index (κ1) is 15.3. The third-order valence-corrected chi connectivity index (χ3v) is 3.93. The standard InChI is InChI=1S/C15H19N3O3/c16-11-12-6-7-14(15(10-12)18(20)21)17-8-2-1-4-13(17)5-3-9-19/h6-7,10,13,19H,1-5,8-9H2. The van der Waals surface area contributed by atoms with Crippen LogP contribution in [0, 0.1) is 21.4 Å². The summed E-state index contributed by atoms with van der Waals surface area (Å²) in [5.41, 5.74) is 0.876. The molecule has 0 radical (unpaired) electrons. The maximum atomic E-state index is 11.3. The lowest BCUT2D eigenvalue weighted by Crippen LogP contribution is -2.40. The zero-order valence-electron chi connectivity index (χ0n) is 11.9. The second-order valence-electron chi connectivity index (χ2n) is 5.28. The zero-order chi connectivity index (χ0) is 15.2. The number of anilines is 1. The molecular weight excluding hydrogens is 270 g/mol. The van der Waals surface area contributed by atoms with Crippen molar-refractivity contribution < 1.29 is 10.0 Å². The summed E-state index contributed by atoms with van der Waals surface area (Å²) < 4.78 is 0. The lowest BCUT2D eigenvalue weighted by Gasteiger charge is -2.37. The molecule has 0 aliphatic carbocycles.